The Morgan fingerprint density at radius 2 is 2.17 bits per heavy atom. The number of aliphatic hydroxyl groups is 1. The van der Waals surface area contributed by atoms with Gasteiger partial charge < -0.3 is 14.9 Å². The van der Waals surface area contributed by atoms with Gasteiger partial charge >= 0.3 is 0 Å². The summed E-state index contributed by atoms with van der Waals surface area (Å²) in [6, 6.07) is 0. The van der Waals surface area contributed by atoms with Gasteiger partial charge in [-0.15, -0.1) is 0 Å². The maximum absolute atomic E-state index is 10.5. The average Bonchev–Trinajstić information content (AvgIpc) is 2.63. The molecule has 1 fully saturated rings. The summed E-state index contributed by atoms with van der Waals surface area (Å²) >= 11 is 0. The molecule has 5 nitrogen and oxygen atoms in total. The van der Waals surface area contributed by atoms with Gasteiger partial charge in [0, 0.05) is 25.8 Å². The molecule has 0 aromatic carbocycles. The predicted octanol–water partition coefficient (Wildman–Crippen LogP) is 0.596. The molecular weight excluding hydrogens is 228 g/mol. The van der Waals surface area contributed by atoms with E-state index in [1.807, 2.05) is 32.8 Å². The molecule has 0 spiro atoms. The lowest BCUT2D eigenvalue weighted by Crippen LogP contribution is -2.42. The molecule has 2 rings (SSSR count). The third-order valence-electron chi connectivity index (χ3n) is 3.29. The van der Waals surface area contributed by atoms with E-state index in [9.17, 15) is 5.11 Å². The molecule has 18 heavy (non-hydrogen) atoms. The number of hydrogen-bond donors (Lipinski definition) is 1. The van der Waals surface area contributed by atoms with E-state index in [0.717, 1.165) is 30.2 Å². The van der Waals surface area contributed by atoms with Crippen LogP contribution in [0.25, 0.3) is 0 Å². The minimum absolute atomic E-state index is 0.629. The fraction of sp³-hybridized carbons (Fsp3) is 0.692. The molecule has 1 saturated heterocycles. The van der Waals surface area contributed by atoms with Crippen LogP contribution in [0.2, 0.25) is 0 Å². The Balaban J connectivity index is 2.15. The lowest BCUT2D eigenvalue weighted by molar-refractivity contribution is 0.0365. The van der Waals surface area contributed by atoms with Gasteiger partial charge in [0.15, 0.2) is 0 Å². The van der Waals surface area contributed by atoms with E-state index in [4.69, 9.17) is 0 Å². The van der Waals surface area contributed by atoms with Crippen LogP contribution in [0.15, 0.2) is 6.20 Å². The van der Waals surface area contributed by atoms with Gasteiger partial charge in [0.1, 0.15) is 5.82 Å². The first-order chi connectivity index (χ1) is 8.39. The number of likely N-dealkylation sites (N-methyl/N-ethyl adjacent to an activating group) is 1. The van der Waals surface area contributed by atoms with E-state index in [1.54, 1.807) is 6.20 Å². The molecule has 100 valence electrons. The van der Waals surface area contributed by atoms with Crippen molar-refractivity contribution in [3.63, 3.8) is 0 Å². The average molecular weight is 250 g/mol. The molecule has 1 unspecified atom stereocenters. The second-order valence-electron chi connectivity index (χ2n) is 5.55. The minimum Gasteiger partial charge on any atom is -0.387 e. The second-order valence-corrected chi connectivity index (χ2v) is 5.55. The van der Waals surface area contributed by atoms with E-state index in [-0.39, 0.29) is 0 Å². The highest BCUT2D eigenvalue weighted by molar-refractivity contribution is 5.45. The van der Waals surface area contributed by atoms with Crippen molar-refractivity contribution in [2.75, 3.05) is 38.6 Å². The van der Waals surface area contributed by atoms with E-state index in [2.05, 4.69) is 14.9 Å². The molecular formula is C13H22N4O. The molecule has 2 heterocycles. The van der Waals surface area contributed by atoms with Crippen molar-refractivity contribution in [3.05, 3.63) is 17.6 Å². The first-order valence-electron chi connectivity index (χ1n) is 6.32. The van der Waals surface area contributed by atoms with E-state index < -0.39 is 5.60 Å². The molecule has 5 heteroatoms. The van der Waals surface area contributed by atoms with Crippen molar-refractivity contribution in [3.8, 4) is 0 Å². The Morgan fingerprint density at radius 1 is 1.44 bits per heavy atom. The zero-order chi connectivity index (χ0) is 13.3. The first-order valence-corrected chi connectivity index (χ1v) is 6.32. The number of aromatic nitrogens is 2. The van der Waals surface area contributed by atoms with Crippen molar-refractivity contribution in [1.82, 2.24) is 14.9 Å². The Kier molecular flexibility index (Phi) is 3.54. The van der Waals surface area contributed by atoms with Crippen molar-refractivity contribution in [2.45, 2.75) is 25.9 Å². The Labute approximate surface area is 108 Å². The van der Waals surface area contributed by atoms with Gasteiger partial charge in [0.2, 0.25) is 0 Å². The van der Waals surface area contributed by atoms with E-state index in [0.29, 0.717) is 13.1 Å². The highest BCUT2D eigenvalue weighted by atomic mass is 16.3. The maximum atomic E-state index is 10.5. The molecule has 1 N–H and O–H groups in total. The predicted molar refractivity (Wildman–Crippen MR) is 71.8 cm³/mol. The van der Waals surface area contributed by atoms with Crippen LogP contribution < -0.4 is 4.90 Å². The van der Waals surface area contributed by atoms with Crippen LogP contribution in [0.5, 0.6) is 0 Å². The number of aryl methyl sites for hydroxylation is 2. The second kappa shape index (κ2) is 4.82. The lowest BCUT2D eigenvalue weighted by Gasteiger charge is -2.27. The van der Waals surface area contributed by atoms with Crippen LogP contribution in [0.1, 0.15) is 17.8 Å². The van der Waals surface area contributed by atoms with Crippen LogP contribution in [0.3, 0.4) is 0 Å². The molecule has 0 saturated carbocycles. The van der Waals surface area contributed by atoms with Crippen LogP contribution in [-0.2, 0) is 0 Å². The SMILES string of the molecule is Cc1cnc(C)c(N2CCC(O)(CN(C)C)C2)n1. The summed E-state index contributed by atoms with van der Waals surface area (Å²) < 4.78 is 0. The van der Waals surface area contributed by atoms with Gasteiger partial charge in [-0.2, -0.15) is 0 Å². The Hall–Kier alpha value is -1.20. The third-order valence-corrected chi connectivity index (χ3v) is 3.29. The number of hydrogen-bond acceptors (Lipinski definition) is 5. The summed E-state index contributed by atoms with van der Waals surface area (Å²) in [6.07, 6.45) is 2.56. The Morgan fingerprint density at radius 3 is 2.83 bits per heavy atom. The summed E-state index contributed by atoms with van der Waals surface area (Å²) in [6.45, 7) is 6.05. The molecule has 0 radical (unpaired) electrons. The summed E-state index contributed by atoms with van der Waals surface area (Å²) in [5.41, 5.74) is 1.20. The van der Waals surface area contributed by atoms with Crippen molar-refractivity contribution >= 4 is 5.82 Å². The van der Waals surface area contributed by atoms with Crippen molar-refractivity contribution in [2.24, 2.45) is 0 Å². The first kappa shape index (κ1) is 13.2. The molecule has 1 aromatic rings. The monoisotopic (exact) mass is 250 g/mol. The summed E-state index contributed by atoms with van der Waals surface area (Å²) in [5.74, 6) is 0.907. The molecule has 0 amide bonds. The number of nitrogens with zero attached hydrogens (tertiary/aromatic N) is 4. The van der Waals surface area contributed by atoms with Gasteiger partial charge in [-0.3, -0.25) is 4.98 Å². The number of anilines is 1. The molecule has 1 aliphatic heterocycles. The van der Waals surface area contributed by atoms with Crippen molar-refractivity contribution < 1.29 is 5.11 Å². The highest BCUT2D eigenvalue weighted by Crippen LogP contribution is 2.27. The number of rotatable bonds is 3. The zero-order valence-corrected chi connectivity index (χ0v) is 11.6. The van der Waals surface area contributed by atoms with Crippen LogP contribution >= 0.6 is 0 Å². The normalized spacial score (nSPS) is 24.0. The lowest BCUT2D eigenvalue weighted by atomic mass is 10.0. The van der Waals surface area contributed by atoms with E-state index in [1.165, 1.54) is 0 Å². The van der Waals surface area contributed by atoms with Gasteiger partial charge in [-0.05, 0) is 34.4 Å². The molecule has 0 bridgehead atoms. The maximum Gasteiger partial charge on any atom is 0.150 e. The van der Waals surface area contributed by atoms with Crippen molar-refractivity contribution in [1.29, 1.82) is 0 Å². The van der Waals surface area contributed by atoms with Gasteiger partial charge in [-0.1, -0.05) is 0 Å². The molecule has 1 atom stereocenters. The fourth-order valence-electron chi connectivity index (χ4n) is 2.58. The standard InChI is InChI=1S/C13H22N4O/c1-10-7-14-11(2)12(15-10)17-6-5-13(18,9-17)8-16(3)4/h7,18H,5-6,8-9H2,1-4H3. The van der Waals surface area contributed by atoms with Gasteiger partial charge in [-0.25, -0.2) is 4.98 Å². The zero-order valence-electron chi connectivity index (χ0n) is 11.6. The van der Waals surface area contributed by atoms with Crippen LogP contribution in [0.4, 0.5) is 5.82 Å². The summed E-state index contributed by atoms with van der Waals surface area (Å²) in [5, 5.41) is 10.5. The third kappa shape index (κ3) is 2.79. The molecule has 0 aliphatic carbocycles. The van der Waals surface area contributed by atoms with Gasteiger partial charge in [0.25, 0.3) is 0 Å². The fourth-order valence-corrected chi connectivity index (χ4v) is 2.58. The Bertz CT molecular complexity index is 435. The topological polar surface area (TPSA) is 52.5 Å². The minimum atomic E-state index is -0.638. The molecule has 1 aliphatic rings. The largest absolute Gasteiger partial charge is 0.387 e. The van der Waals surface area contributed by atoms with Gasteiger partial charge in [0.05, 0.1) is 17.0 Å². The summed E-state index contributed by atoms with van der Waals surface area (Å²) in [4.78, 5) is 13.0. The van der Waals surface area contributed by atoms with Crippen LogP contribution in [0, 0.1) is 13.8 Å². The van der Waals surface area contributed by atoms with E-state index >= 15 is 0 Å². The number of β-amino-alcohol motifs (C(OH)–C–C–N with tert-alkyl or cyclic N) is 1. The highest BCUT2D eigenvalue weighted by Gasteiger charge is 2.37. The molecule has 1 aromatic heterocycles. The summed E-state index contributed by atoms with van der Waals surface area (Å²) in [7, 11) is 3.97. The quantitative estimate of drug-likeness (QED) is 0.851. The smallest absolute Gasteiger partial charge is 0.150 e. The van der Waals surface area contributed by atoms with Crippen LogP contribution in [-0.4, -0.2) is 59.3 Å².